The lowest BCUT2D eigenvalue weighted by Crippen LogP contribution is -2.42. The van der Waals surface area contributed by atoms with Gasteiger partial charge in [0, 0.05) is 23.2 Å². The number of rotatable bonds is 3. The summed E-state index contributed by atoms with van der Waals surface area (Å²) in [5.41, 5.74) is 0.857. The van der Waals surface area contributed by atoms with E-state index in [1.54, 1.807) is 30.7 Å². The molecule has 2 N–H and O–H groups in total. The van der Waals surface area contributed by atoms with Crippen LogP contribution >= 0.6 is 11.6 Å². The van der Waals surface area contributed by atoms with Crippen molar-refractivity contribution >= 4 is 34.4 Å². The third-order valence-electron chi connectivity index (χ3n) is 3.08. The summed E-state index contributed by atoms with van der Waals surface area (Å²) in [6.07, 6.45) is 1.79. The predicted molar refractivity (Wildman–Crippen MR) is 78.9 cm³/mol. The molecule has 20 heavy (non-hydrogen) atoms. The molecule has 1 unspecified atom stereocenters. The van der Waals surface area contributed by atoms with Crippen molar-refractivity contribution in [2.24, 2.45) is 0 Å². The molecular weight excluding hydrogens is 278 g/mol. The first kappa shape index (κ1) is 14.4. The van der Waals surface area contributed by atoms with Crippen molar-refractivity contribution < 1.29 is 9.59 Å². The number of urea groups is 1. The van der Waals surface area contributed by atoms with E-state index in [-0.39, 0.29) is 5.91 Å². The fourth-order valence-electron chi connectivity index (χ4n) is 2.04. The Labute approximate surface area is 121 Å². The van der Waals surface area contributed by atoms with Crippen molar-refractivity contribution in [3.63, 3.8) is 0 Å². The summed E-state index contributed by atoms with van der Waals surface area (Å²) < 4.78 is 1.79. The lowest BCUT2D eigenvalue weighted by Gasteiger charge is -2.15. The largest absolute Gasteiger partial charge is 0.338 e. The van der Waals surface area contributed by atoms with Gasteiger partial charge in [0.25, 0.3) is 5.91 Å². The molecule has 1 aromatic heterocycles. The van der Waals surface area contributed by atoms with Crippen LogP contribution in [-0.4, -0.2) is 23.1 Å². The molecule has 1 aromatic carbocycles. The Morgan fingerprint density at radius 1 is 1.35 bits per heavy atom. The zero-order valence-electron chi connectivity index (χ0n) is 11.3. The van der Waals surface area contributed by atoms with Crippen LogP contribution < -0.4 is 10.6 Å². The smallest absolute Gasteiger partial charge is 0.321 e. The molecule has 0 fully saturated rings. The third-order valence-corrected chi connectivity index (χ3v) is 3.41. The first-order valence-electron chi connectivity index (χ1n) is 6.38. The molecule has 0 spiro atoms. The number of hydrogen-bond donors (Lipinski definition) is 2. The summed E-state index contributed by atoms with van der Waals surface area (Å²) >= 11 is 6.10. The van der Waals surface area contributed by atoms with Crippen LogP contribution in [0, 0.1) is 0 Å². The molecule has 5 nitrogen and oxygen atoms in total. The average Bonchev–Trinajstić information content (AvgIpc) is 2.83. The van der Waals surface area contributed by atoms with E-state index < -0.39 is 12.1 Å². The van der Waals surface area contributed by atoms with Crippen LogP contribution in [0.25, 0.3) is 10.9 Å². The van der Waals surface area contributed by atoms with Crippen LogP contribution in [-0.2, 0) is 4.79 Å². The highest BCUT2D eigenvalue weighted by Crippen LogP contribution is 2.26. The summed E-state index contributed by atoms with van der Waals surface area (Å²) in [6.45, 7) is 3.99. The van der Waals surface area contributed by atoms with Crippen molar-refractivity contribution in [1.29, 1.82) is 0 Å². The van der Waals surface area contributed by atoms with Crippen molar-refractivity contribution in [3.05, 3.63) is 35.5 Å². The van der Waals surface area contributed by atoms with Crippen LogP contribution in [0.1, 0.15) is 19.9 Å². The summed E-state index contributed by atoms with van der Waals surface area (Å²) in [7, 11) is 0. The average molecular weight is 294 g/mol. The fraction of sp³-hybridized carbons (Fsp3) is 0.286. The van der Waals surface area contributed by atoms with Gasteiger partial charge in [-0.2, -0.15) is 0 Å². The highest BCUT2D eigenvalue weighted by atomic mass is 35.5. The number of carbonyl (C=O) groups excluding carboxylic acids is 2. The Balaban J connectivity index is 2.23. The lowest BCUT2D eigenvalue weighted by molar-refractivity contribution is -0.122. The molecule has 0 saturated carbocycles. The Morgan fingerprint density at radius 2 is 2.10 bits per heavy atom. The number of nitrogens with zero attached hydrogens (tertiary/aromatic N) is 1. The second-order valence-corrected chi connectivity index (χ2v) is 4.83. The number of benzene rings is 1. The van der Waals surface area contributed by atoms with E-state index >= 15 is 0 Å². The topological polar surface area (TPSA) is 63.1 Å². The van der Waals surface area contributed by atoms with Crippen LogP contribution in [0.15, 0.2) is 30.5 Å². The first-order valence-corrected chi connectivity index (χ1v) is 6.76. The number of imide groups is 1. The predicted octanol–water partition coefficient (Wildman–Crippen LogP) is 2.70. The van der Waals surface area contributed by atoms with Gasteiger partial charge in [-0.1, -0.05) is 17.7 Å². The maximum Gasteiger partial charge on any atom is 0.321 e. The number of nitrogens with one attached hydrogen (secondary N) is 2. The number of aromatic nitrogens is 1. The SMILES string of the molecule is CCNC(=O)NC(=O)C(C)n1ccc2c(Cl)cccc21. The summed E-state index contributed by atoms with van der Waals surface area (Å²) in [5.74, 6) is -0.367. The number of fused-ring (bicyclic) bond motifs is 1. The van der Waals surface area contributed by atoms with Gasteiger partial charge in [-0.3, -0.25) is 10.1 Å². The number of hydrogen-bond acceptors (Lipinski definition) is 2. The Bertz CT molecular complexity index is 651. The van der Waals surface area contributed by atoms with Crippen LogP contribution in [0.3, 0.4) is 0 Å². The molecule has 6 heteroatoms. The third kappa shape index (κ3) is 2.77. The zero-order chi connectivity index (χ0) is 14.7. The molecule has 2 aromatic rings. The minimum atomic E-state index is -0.506. The minimum absolute atomic E-state index is 0.367. The Kier molecular flexibility index (Phi) is 4.29. The maximum atomic E-state index is 12.0. The molecule has 106 valence electrons. The van der Waals surface area contributed by atoms with Gasteiger partial charge in [-0.15, -0.1) is 0 Å². The van der Waals surface area contributed by atoms with E-state index in [2.05, 4.69) is 10.6 Å². The first-order chi connectivity index (χ1) is 9.54. The Hall–Kier alpha value is -2.01. The van der Waals surface area contributed by atoms with Crippen molar-refractivity contribution in [3.8, 4) is 0 Å². The van der Waals surface area contributed by atoms with E-state index in [1.165, 1.54) is 0 Å². The van der Waals surface area contributed by atoms with Gasteiger partial charge in [-0.05, 0) is 32.0 Å². The maximum absolute atomic E-state index is 12.0. The molecular formula is C14H16ClN3O2. The molecule has 0 saturated heterocycles. The molecule has 3 amide bonds. The number of amides is 3. The summed E-state index contributed by atoms with van der Waals surface area (Å²) in [5, 5.41) is 6.35. The van der Waals surface area contributed by atoms with Gasteiger partial charge in [0.2, 0.25) is 0 Å². The van der Waals surface area contributed by atoms with Gasteiger partial charge in [0.05, 0.1) is 5.52 Å². The quantitative estimate of drug-likeness (QED) is 0.914. The molecule has 2 rings (SSSR count). The van der Waals surface area contributed by atoms with Gasteiger partial charge >= 0.3 is 6.03 Å². The molecule has 0 radical (unpaired) electrons. The number of carbonyl (C=O) groups is 2. The van der Waals surface area contributed by atoms with E-state index in [4.69, 9.17) is 11.6 Å². The standard InChI is InChI=1S/C14H16ClN3O2/c1-3-16-14(20)17-13(19)9(2)18-8-7-10-11(15)5-4-6-12(10)18/h4-9H,3H2,1-2H3,(H2,16,17,19,20). The van der Waals surface area contributed by atoms with Gasteiger partial charge in [0.15, 0.2) is 0 Å². The molecule has 0 aliphatic carbocycles. The molecule has 1 heterocycles. The summed E-state index contributed by atoms with van der Waals surface area (Å²) in [4.78, 5) is 23.4. The zero-order valence-corrected chi connectivity index (χ0v) is 12.1. The molecule has 0 bridgehead atoms. The fourth-order valence-corrected chi connectivity index (χ4v) is 2.27. The highest BCUT2D eigenvalue weighted by Gasteiger charge is 2.18. The van der Waals surface area contributed by atoms with Crippen LogP contribution in [0.2, 0.25) is 5.02 Å². The van der Waals surface area contributed by atoms with Crippen molar-refractivity contribution in [2.45, 2.75) is 19.9 Å². The summed E-state index contributed by atoms with van der Waals surface area (Å²) in [6, 6.07) is 6.38. The van der Waals surface area contributed by atoms with Crippen LogP contribution in [0.5, 0.6) is 0 Å². The Morgan fingerprint density at radius 3 is 2.80 bits per heavy atom. The van der Waals surface area contributed by atoms with Crippen LogP contribution in [0.4, 0.5) is 4.79 Å². The van der Waals surface area contributed by atoms with Crippen molar-refractivity contribution in [2.75, 3.05) is 6.54 Å². The number of halogens is 1. The van der Waals surface area contributed by atoms with Gasteiger partial charge < -0.3 is 9.88 Å². The monoisotopic (exact) mass is 293 g/mol. The second-order valence-electron chi connectivity index (χ2n) is 4.42. The van der Waals surface area contributed by atoms with E-state index in [1.807, 2.05) is 18.2 Å². The van der Waals surface area contributed by atoms with E-state index in [9.17, 15) is 9.59 Å². The lowest BCUT2D eigenvalue weighted by atomic mass is 10.2. The molecule has 1 atom stereocenters. The minimum Gasteiger partial charge on any atom is -0.338 e. The van der Waals surface area contributed by atoms with Gasteiger partial charge in [-0.25, -0.2) is 4.79 Å². The second kappa shape index (κ2) is 5.96. The highest BCUT2D eigenvalue weighted by molar-refractivity contribution is 6.35. The van der Waals surface area contributed by atoms with E-state index in [0.717, 1.165) is 10.9 Å². The molecule has 0 aliphatic rings. The van der Waals surface area contributed by atoms with Gasteiger partial charge in [0.1, 0.15) is 6.04 Å². The molecule has 0 aliphatic heterocycles. The normalized spacial score (nSPS) is 12.2. The van der Waals surface area contributed by atoms with E-state index in [0.29, 0.717) is 11.6 Å². The van der Waals surface area contributed by atoms with Crippen molar-refractivity contribution in [1.82, 2.24) is 15.2 Å².